The minimum Gasteiger partial charge on any atom is -0.225 e. The lowest BCUT2D eigenvalue weighted by atomic mass is 9.80. The zero-order chi connectivity index (χ0) is 14.3. The molecule has 2 heterocycles. The van der Waals surface area contributed by atoms with Gasteiger partial charge in [-0.05, 0) is 29.4 Å². The van der Waals surface area contributed by atoms with Crippen LogP contribution in [0.25, 0.3) is 0 Å². The Balaban J connectivity index is 2.21. The zero-order valence-corrected chi connectivity index (χ0v) is 12.9. The van der Waals surface area contributed by atoms with Crippen molar-refractivity contribution >= 4 is 21.6 Å². The molecule has 0 saturated carbocycles. The lowest BCUT2D eigenvalue weighted by Crippen LogP contribution is -2.31. The molecule has 1 atom stereocenters. The Bertz CT molecular complexity index is 551. The summed E-state index contributed by atoms with van der Waals surface area (Å²) in [6.45, 7) is 7.51. The molecule has 0 bridgehead atoms. The molecule has 0 aromatic carbocycles. The normalized spacial score (nSPS) is 21.8. The molecule has 0 amide bonds. The summed E-state index contributed by atoms with van der Waals surface area (Å²) in [6, 6.07) is 0. The quantitative estimate of drug-likeness (QED) is 0.786. The minimum absolute atomic E-state index is 0.0490. The van der Waals surface area contributed by atoms with Crippen LogP contribution in [-0.4, -0.2) is 35.8 Å². The molecular formula is C12H18ClN3O2S. The summed E-state index contributed by atoms with van der Waals surface area (Å²) in [6.07, 6.45) is 3.40. The molecule has 19 heavy (non-hydrogen) atoms. The van der Waals surface area contributed by atoms with Crippen LogP contribution in [0, 0.1) is 11.3 Å². The maximum Gasteiger partial charge on any atom is 0.246 e. The van der Waals surface area contributed by atoms with E-state index in [0.717, 1.165) is 6.42 Å². The van der Waals surface area contributed by atoms with E-state index in [1.165, 1.54) is 16.7 Å². The number of aromatic nitrogens is 2. The fraction of sp³-hybridized carbons (Fsp3) is 0.667. The maximum atomic E-state index is 12.4. The summed E-state index contributed by atoms with van der Waals surface area (Å²) in [5, 5.41) is 0.0490. The van der Waals surface area contributed by atoms with Crippen LogP contribution < -0.4 is 0 Å². The van der Waals surface area contributed by atoms with Gasteiger partial charge >= 0.3 is 0 Å². The summed E-state index contributed by atoms with van der Waals surface area (Å²) in [7, 11) is -3.50. The second-order valence-electron chi connectivity index (χ2n) is 5.90. The average Bonchev–Trinajstić information content (AvgIpc) is 2.79. The van der Waals surface area contributed by atoms with E-state index in [1.54, 1.807) is 0 Å². The van der Waals surface area contributed by atoms with Crippen LogP contribution in [0.2, 0.25) is 5.28 Å². The molecule has 106 valence electrons. The summed E-state index contributed by atoms with van der Waals surface area (Å²) < 4.78 is 26.4. The summed E-state index contributed by atoms with van der Waals surface area (Å²) in [4.78, 5) is 7.57. The molecule has 0 radical (unpaired) electrons. The number of sulfonamides is 1. The highest BCUT2D eigenvalue weighted by Gasteiger charge is 2.37. The molecule has 7 heteroatoms. The first-order valence-corrected chi connectivity index (χ1v) is 8.01. The van der Waals surface area contributed by atoms with Crippen LogP contribution in [0.15, 0.2) is 17.3 Å². The SMILES string of the molecule is CC(C)(C)C1CCN(S(=O)(=O)c2cnc(Cl)nc2)C1. The smallest absolute Gasteiger partial charge is 0.225 e. The topological polar surface area (TPSA) is 63.2 Å². The molecule has 1 aliphatic rings. The first kappa shape index (κ1) is 14.7. The molecule has 0 N–H and O–H groups in total. The van der Waals surface area contributed by atoms with Crippen molar-refractivity contribution in [2.75, 3.05) is 13.1 Å². The molecule has 1 fully saturated rings. The predicted molar refractivity (Wildman–Crippen MR) is 73.4 cm³/mol. The highest BCUT2D eigenvalue weighted by molar-refractivity contribution is 7.89. The van der Waals surface area contributed by atoms with Gasteiger partial charge in [-0.25, -0.2) is 18.4 Å². The molecule has 1 aromatic heterocycles. The van der Waals surface area contributed by atoms with E-state index in [9.17, 15) is 8.42 Å². The van der Waals surface area contributed by atoms with E-state index in [4.69, 9.17) is 11.6 Å². The summed E-state index contributed by atoms with van der Waals surface area (Å²) in [5.41, 5.74) is 0.112. The second kappa shape index (κ2) is 5.00. The molecule has 0 aliphatic carbocycles. The van der Waals surface area contributed by atoms with Gasteiger partial charge in [0, 0.05) is 13.1 Å². The highest BCUT2D eigenvalue weighted by atomic mass is 35.5. The maximum absolute atomic E-state index is 12.4. The van der Waals surface area contributed by atoms with Crippen molar-refractivity contribution in [1.29, 1.82) is 0 Å². The van der Waals surface area contributed by atoms with Crippen LogP contribution in [0.4, 0.5) is 0 Å². The van der Waals surface area contributed by atoms with E-state index < -0.39 is 10.0 Å². The van der Waals surface area contributed by atoms with Gasteiger partial charge in [0.1, 0.15) is 4.90 Å². The Kier molecular flexibility index (Phi) is 3.86. The highest BCUT2D eigenvalue weighted by Crippen LogP contribution is 2.35. The lowest BCUT2D eigenvalue weighted by Gasteiger charge is -2.26. The second-order valence-corrected chi connectivity index (χ2v) is 8.18. The average molecular weight is 304 g/mol. The molecule has 1 saturated heterocycles. The van der Waals surface area contributed by atoms with Crippen LogP contribution >= 0.6 is 11.6 Å². The number of rotatable bonds is 2. The van der Waals surface area contributed by atoms with Crippen LogP contribution in [0.5, 0.6) is 0 Å². The van der Waals surface area contributed by atoms with E-state index >= 15 is 0 Å². The molecule has 1 unspecified atom stereocenters. The van der Waals surface area contributed by atoms with Gasteiger partial charge in [0.25, 0.3) is 0 Å². The fourth-order valence-electron chi connectivity index (χ4n) is 2.24. The largest absolute Gasteiger partial charge is 0.246 e. The Morgan fingerprint density at radius 2 is 1.89 bits per heavy atom. The van der Waals surface area contributed by atoms with Crippen molar-refractivity contribution in [2.45, 2.75) is 32.1 Å². The lowest BCUT2D eigenvalue weighted by molar-refractivity contribution is 0.252. The summed E-state index contributed by atoms with van der Waals surface area (Å²) in [5.74, 6) is 0.371. The Hall–Kier alpha value is -0.720. The molecule has 2 rings (SSSR count). The molecule has 1 aliphatic heterocycles. The van der Waals surface area contributed by atoms with Crippen molar-refractivity contribution in [1.82, 2.24) is 14.3 Å². The third-order valence-electron chi connectivity index (χ3n) is 3.61. The van der Waals surface area contributed by atoms with Gasteiger partial charge in [0.2, 0.25) is 15.3 Å². The van der Waals surface area contributed by atoms with Gasteiger partial charge in [0.05, 0.1) is 12.4 Å². The molecule has 1 aromatic rings. The Labute approximate surface area is 119 Å². The van der Waals surface area contributed by atoms with Gasteiger partial charge in [0.15, 0.2) is 0 Å². The van der Waals surface area contributed by atoms with Crippen LogP contribution in [0.3, 0.4) is 0 Å². The van der Waals surface area contributed by atoms with Gasteiger partial charge in [-0.3, -0.25) is 0 Å². The minimum atomic E-state index is -3.50. The van der Waals surface area contributed by atoms with Crippen molar-refractivity contribution in [3.63, 3.8) is 0 Å². The Morgan fingerprint density at radius 1 is 1.32 bits per heavy atom. The van der Waals surface area contributed by atoms with Crippen LogP contribution in [0.1, 0.15) is 27.2 Å². The number of halogens is 1. The van der Waals surface area contributed by atoms with Crippen molar-refractivity contribution in [2.24, 2.45) is 11.3 Å². The first-order chi connectivity index (χ1) is 8.71. The molecule has 0 spiro atoms. The third kappa shape index (κ3) is 3.07. The molecular weight excluding hydrogens is 286 g/mol. The van der Waals surface area contributed by atoms with Crippen molar-refractivity contribution in [3.05, 3.63) is 17.7 Å². The van der Waals surface area contributed by atoms with E-state index in [-0.39, 0.29) is 15.6 Å². The number of nitrogens with zero attached hydrogens (tertiary/aromatic N) is 3. The number of hydrogen-bond acceptors (Lipinski definition) is 4. The standard InChI is InChI=1S/C12H18ClN3O2S/c1-12(2,3)9-4-5-16(8-9)19(17,18)10-6-14-11(13)15-7-10/h6-7,9H,4-5,8H2,1-3H3. The molecule has 5 nitrogen and oxygen atoms in total. The van der Waals surface area contributed by atoms with Gasteiger partial charge in [-0.15, -0.1) is 0 Å². The van der Waals surface area contributed by atoms with Gasteiger partial charge in [-0.1, -0.05) is 20.8 Å². The van der Waals surface area contributed by atoms with Crippen molar-refractivity contribution < 1.29 is 8.42 Å². The van der Waals surface area contributed by atoms with Gasteiger partial charge in [-0.2, -0.15) is 4.31 Å². The van der Waals surface area contributed by atoms with Crippen LogP contribution in [-0.2, 0) is 10.0 Å². The Morgan fingerprint density at radius 3 is 2.37 bits per heavy atom. The summed E-state index contributed by atoms with van der Waals surface area (Å²) >= 11 is 5.57. The van der Waals surface area contributed by atoms with E-state index in [1.807, 2.05) is 0 Å². The number of hydrogen-bond donors (Lipinski definition) is 0. The first-order valence-electron chi connectivity index (χ1n) is 6.19. The fourth-order valence-corrected chi connectivity index (χ4v) is 3.73. The van der Waals surface area contributed by atoms with E-state index in [2.05, 4.69) is 30.7 Å². The zero-order valence-electron chi connectivity index (χ0n) is 11.3. The third-order valence-corrected chi connectivity index (χ3v) is 5.62. The monoisotopic (exact) mass is 303 g/mol. The van der Waals surface area contributed by atoms with E-state index in [0.29, 0.717) is 19.0 Å². The van der Waals surface area contributed by atoms with Gasteiger partial charge < -0.3 is 0 Å². The predicted octanol–water partition coefficient (Wildman–Crippen LogP) is 2.19. The van der Waals surface area contributed by atoms with Crippen molar-refractivity contribution in [3.8, 4) is 0 Å².